The molecule has 1 rings (SSSR count). The summed E-state index contributed by atoms with van der Waals surface area (Å²) in [6.07, 6.45) is 3.39. The summed E-state index contributed by atoms with van der Waals surface area (Å²) in [5, 5.41) is 5.23. The van der Waals surface area contributed by atoms with Gasteiger partial charge in [0.2, 0.25) is 0 Å². The Morgan fingerprint density at radius 3 is 2.70 bits per heavy atom. The summed E-state index contributed by atoms with van der Waals surface area (Å²) in [6, 6.07) is 6.67. The SMILES string of the molecule is CCCNC(CSC(C)CC)Cc1ccc(Br)cc1Cl. The number of halogens is 2. The van der Waals surface area contributed by atoms with E-state index in [0.29, 0.717) is 6.04 Å². The highest BCUT2D eigenvalue weighted by atomic mass is 79.9. The average Bonchev–Trinajstić information content (AvgIpc) is 2.43. The van der Waals surface area contributed by atoms with Crippen molar-refractivity contribution in [3.63, 3.8) is 0 Å². The molecule has 0 aliphatic rings. The van der Waals surface area contributed by atoms with Crippen LogP contribution in [0.2, 0.25) is 5.02 Å². The normalized spacial score (nSPS) is 14.2. The molecule has 0 fully saturated rings. The molecule has 2 unspecified atom stereocenters. The van der Waals surface area contributed by atoms with Gasteiger partial charge in [0.15, 0.2) is 0 Å². The topological polar surface area (TPSA) is 12.0 Å². The Balaban J connectivity index is 2.62. The lowest BCUT2D eigenvalue weighted by Crippen LogP contribution is -2.34. The van der Waals surface area contributed by atoms with Crippen LogP contribution in [0, 0.1) is 0 Å². The molecule has 4 heteroatoms. The second-order valence-electron chi connectivity index (χ2n) is 5.14. The van der Waals surface area contributed by atoms with E-state index in [4.69, 9.17) is 11.6 Å². The highest BCUT2D eigenvalue weighted by Crippen LogP contribution is 2.24. The minimum Gasteiger partial charge on any atom is -0.313 e. The van der Waals surface area contributed by atoms with Crippen LogP contribution < -0.4 is 5.32 Å². The fraction of sp³-hybridized carbons (Fsp3) is 0.625. The molecule has 1 nitrogen and oxygen atoms in total. The lowest BCUT2D eigenvalue weighted by molar-refractivity contribution is 0.549. The van der Waals surface area contributed by atoms with Crippen LogP contribution in [0.5, 0.6) is 0 Å². The monoisotopic (exact) mass is 377 g/mol. The molecule has 0 aliphatic heterocycles. The number of thioether (sulfide) groups is 1. The zero-order valence-corrected chi connectivity index (χ0v) is 15.7. The van der Waals surface area contributed by atoms with Crippen molar-refractivity contribution >= 4 is 39.3 Å². The maximum Gasteiger partial charge on any atom is 0.0449 e. The van der Waals surface area contributed by atoms with Gasteiger partial charge in [-0.1, -0.05) is 54.4 Å². The van der Waals surface area contributed by atoms with E-state index in [1.165, 1.54) is 18.4 Å². The highest BCUT2D eigenvalue weighted by Gasteiger charge is 2.13. The Morgan fingerprint density at radius 1 is 1.35 bits per heavy atom. The average molecular weight is 379 g/mol. The second-order valence-corrected chi connectivity index (χ2v) is 7.94. The van der Waals surface area contributed by atoms with Crippen LogP contribution in [-0.2, 0) is 6.42 Å². The van der Waals surface area contributed by atoms with Crippen LogP contribution >= 0.6 is 39.3 Å². The molecule has 0 spiro atoms. The molecule has 1 N–H and O–H groups in total. The predicted octanol–water partition coefficient (Wildman–Crippen LogP) is 5.54. The molecule has 0 bridgehead atoms. The van der Waals surface area contributed by atoms with E-state index >= 15 is 0 Å². The van der Waals surface area contributed by atoms with Crippen molar-refractivity contribution < 1.29 is 0 Å². The third-order valence-corrected chi connectivity index (χ3v) is 5.66. The molecule has 0 saturated heterocycles. The zero-order chi connectivity index (χ0) is 15.0. The Labute approximate surface area is 141 Å². The van der Waals surface area contributed by atoms with Gasteiger partial charge < -0.3 is 5.32 Å². The third kappa shape index (κ3) is 6.84. The van der Waals surface area contributed by atoms with Crippen molar-refractivity contribution in [2.24, 2.45) is 0 Å². The fourth-order valence-corrected chi connectivity index (χ4v) is 3.67. The quantitative estimate of drug-likeness (QED) is 0.605. The summed E-state index contributed by atoms with van der Waals surface area (Å²) in [7, 11) is 0. The summed E-state index contributed by atoms with van der Waals surface area (Å²) in [4.78, 5) is 0. The molecule has 1 aromatic rings. The smallest absolute Gasteiger partial charge is 0.0449 e. The van der Waals surface area contributed by atoms with Gasteiger partial charge in [0.05, 0.1) is 0 Å². The van der Waals surface area contributed by atoms with E-state index in [1.807, 2.05) is 17.8 Å². The molecular formula is C16H25BrClNS. The predicted molar refractivity (Wildman–Crippen MR) is 97.1 cm³/mol. The largest absolute Gasteiger partial charge is 0.313 e. The van der Waals surface area contributed by atoms with Crippen molar-refractivity contribution in [1.82, 2.24) is 5.32 Å². The molecule has 0 aliphatic carbocycles. The maximum absolute atomic E-state index is 6.33. The Morgan fingerprint density at radius 2 is 2.10 bits per heavy atom. The summed E-state index contributed by atoms with van der Waals surface area (Å²) in [6.45, 7) is 7.82. The summed E-state index contributed by atoms with van der Waals surface area (Å²) < 4.78 is 1.04. The van der Waals surface area contributed by atoms with Gasteiger partial charge in [0.1, 0.15) is 0 Å². The molecule has 0 saturated carbocycles. The molecule has 0 aromatic heterocycles. The molecule has 0 amide bonds. The lowest BCUT2D eigenvalue weighted by atomic mass is 10.1. The minimum absolute atomic E-state index is 0.493. The number of nitrogens with one attached hydrogen (secondary N) is 1. The third-order valence-electron chi connectivity index (χ3n) is 3.32. The first kappa shape index (κ1) is 18.3. The van der Waals surface area contributed by atoms with Crippen LogP contribution in [0.3, 0.4) is 0 Å². The van der Waals surface area contributed by atoms with Gasteiger partial charge >= 0.3 is 0 Å². The number of hydrogen-bond acceptors (Lipinski definition) is 2. The molecular weight excluding hydrogens is 354 g/mol. The summed E-state index contributed by atoms with van der Waals surface area (Å²) in [5.74, 6) is 1.14. The van der Waals surface area contributed by atoms with Crippen LogP contribution in [0.15, 0.2) is 22.7 Å². The van der Waals surface area contributed by atoms with Gasteiger partial charge in [-0.05, 0) is 43.5 Å². The number of benzene rings is 1. The van der Waals surface area contributed by atoms with E-state index in [9.17, 15) is 0 Å². The highest BCUT2D eigenvalue weighted by molar-refractivity contribution is 9.10. The first-order valence-electron chi connectivity index (χ1n) is 7.35. The molecule has 0 heterocycles. The molecule has 2 atom stereocenters. The Hall–Kier alpha value is 0.300. The van der Waals surface area contributed by atoms with E-state index in [0.717, 1.165) is 33.5 Å². The Kier molecular flexibility index (Phi) is 9.26. The fourth-order valence-electron chi connectivity index (χ4n) is 1.89. The van der Waals surface area contributed by atoms with Gasteiger partial charge in [-0.25, -0.2) is 0 Å². The van der Waals surface area contributed by atoms with E-state index in [-0.39, 0.29) is 0 Å². The van der Waals surface area contributed by atoms with Crippen LogP contribution in [0.1, 0.15) is 39.2 Å². The number of rotatable bonds is 9. The van der Waals surface area contributed by atoms with E-state index in [1.54, 1.807) is 0 Å². The van der Waals surface area contributed by atoms with Gasteiger partial charge in [0.25, 0.3) is 0 Å². The maximum atomic E-state index is 6.33. The Bertz CT molecular complexity index is 400. The van der Waals surface area contributed by atoms with Gasteiger partial charge in [-0.2, -0.15) is 11.8 Å². The van der Waals surface area contributed by atoms with Crippen LogP contribution in [-0.4, -0.2) is 23.6 Å². The molecule has 114 valence electrons. The molecule has 0 radical (unpaired) electrons. The summed E-state index contributed by atoms with van der Waals surface area (Å²) >= 11 is 11.8. The first-order valence-corrected chi connectivity index (χ1v) is 9.57. The van der Waals surface area contributed by atoms with Crippen molar-refractivity contribution in [1.29, 1.82) is 0 Å². The zero-order valence-electron chi connectivity index (χ0n) is 12.6. The van der Waals surface area contributed by atoms with Crippen molar-refractivity contribution in [2.45, 2.75) is 51.3 Å². The van der Waals surface area contributed by atoms with Crippen molar-refractivity contribution in [2.75, 3.05) is 12.3 Å². The standard InChI is InChI=1S/C16H25BrClNS/c1-4-8-19-15(11-20-12(3)5-2)9-13-6-7-14(17)10-16(13)18/h6-7,10,12,15,19H,4-5,8-9,11H2,1-3H3. The molecule has 20 heavy (non-hydrogen) atoms. The minimum atomic E-state index is 0.493. The van der Waals surface area contributed by atoms with Crippen LogP contribution in [0.4, 0.5) is 0 Å². The molecule has 1 aromatic carbocycles. The van der Waals surface area contributed by atoms with E-state index in [2.05, 4.69) is 54.2 Å². The van der Waals surface area contributed by atoms with E-state index < -0.39 is 0 Å². The number of hydrogen-bond donors (Lipinski definition) is 1. The first-order chi connectivity index (χ1) is 9.56. The lowest BCUT2D eigenvalue weighted by Gasteiger charge is -2.20. The van der Waals surface area contributed by atoms with Crippen molar-refractivity contribution in [3.05, 3.63) is 33.3 Å². The van der Waals surface area contributed by atoms with Crippen molar-refractivity contribution in [3.8, 4) is 0 Å². The van der Waals surface area contributed by atoms with Gasteiger partial charge in [-0.3, -0.25) is 0 Å². The van der Waals surface area contributed by atoms with Gasteiger partial charge in [0, 0.05) is 26.5 Å². The van der Waals surface area contributed by atoms with Gasteiger partial charge in [-0.15, -0.1) is 0 Å². The van der Waals surface area contributed by atoms with Crippen LogP contribution in [0.25, 0.3) is 0 Å². The second kappa shape index (κ2) is 10.1. The summed E-state index contributed by atoms with van der Waals surface area (Å²) in [5.41, 5.74) is 1.23.